The van der Waals surface area contributed by atoms with Gasteiger partial charge in [-0.3, -0.25) is 4.90 Å². The maximum Gasteiger partial charge on any atom is 0.125 e. The van der Waals surface area contributed by atoms with Gasteiger partial charge < -0.3 is 5.32 Å². The van der Waals surface area contributed by atoms with Crippen molar-refractivity contribution >= 4 is 17.2 Å². The number of hydrogen-bond donors (Lipinski definition) is 1. The Kier molecular flexibility index (Phi) is 5.36. The standard InChI is InChI=1S/C15H21N3S/c1-3-7-16-15-5-4-13(9-17-15)10-18(2)11-14-6-8-19-12-14/h4-6,8-9,12H,3,7,10-11H2,1-2H3,(H,16,17). The van der Waals surface area contributed by atoms with Crippen LogP contribution >= 0.6 is 11.3 Å². The second-order valence-electron chi connectivity index (χ2n) is 4.78. The van der Waals surface area contributed by atoms with Gasteiger partial charge in [-0.2, -0.15) is 11.3 Å². The Hall–Kier alpha value is -1.39. The predicted molar refractivity (Wildman–Crippen MR) is 82.5 cm³/mol. The molecule has 0 aliphatic rings. The highest BCUT2D eigenvalue weighted by atomic mass is 32.1. The summed E-state index contributed by atoms with van der Waals surface area (Å²) in [6, 6.07) is 6.38. The number of anilines is 1. The van der Waals surface area contributed by atoms with Crippen LogP contribution in [0.25, 0.3) is 0 Å². The number of rotatable bonds is 7. The first-order valence-corrected chi connectivity index (χ1v) is 7.60. The molecule has 2 aromatic heterocycles. The molecule has 0 unspecified atom stereocenters. The van der Waals surface area contributed by atoms with Crippen molar-refractivity contribution in [3.8, 4) is 0 Å². The highest BCUT2D eigenvalue weighted by Crippen LogP contribution is 2.12. The molecule has 0 radical (unpaired) electrons. The maximum absolute atomic E-state index is 4.43. The van der Waals surface area contributed by atoms with Crippen LogP contribution in [0.2, 0.25) is 0 Å². The third kappa shape index (κ3) is 4.65. The van der Waals surface area contributed by atoms with Gasteiger partial charge in [-0.05, 0) is 47.5 Å². The Morgan fingerprint density at radius 2 is 2.05 bits per heavy atom. The molecule has 2 aromatic rings. The van der Waals surface area contributed by atoms with Crippen LogP contribution in [0.3, 0.4) is 0 Å². The van der Waals surface area contributed by atoms with Crippen LogP contribution < -0.4 is 5.32 Å². The molecule has 0 saturated carbocycles. The van der Waals surface area contributed by atoms with Gasteiger partial charge in [0.25, 0.3) is 0 Å². The lowest BCUT2D eigenvalue weighted by atomic mass is 10.2. The summed E-state index contributed by atoms with van der Waals surface area (Å²) in [6.45, 7) is 5.04. The van der Waals surface area contributed by atoms with E-state index in [1.54, 1.807) is 11.3 Å². The smallest absolute Gasteiger partial charge is 0.125 e. The Morgan fingerprint density at radius 1 is 1.21 bits per heavy atom. The van der Waals surface area contributed by atoms with E-state index in [-0.39, 0.29) is 0 Å². The third-order valence-electron chi connectivity index (χ3n) is 2.87. The average molecular weight is 275 g/mol. The molecule has 1 N–H and O–H groups in total. The van der Waals surface area contributed by atoms with Crippen LogP contribution in [0, 0.1) is 0 Å². The van der Waals surface area contributed by atoms with Gasteiger partial charge >= 0.3 is 0 Å². The summed E-state index contributed by atoms with van der Waals surface area (Å²) in [4.78, 5) is 6.73. The zero-order chi connectivity index (χ0) is 13.5. The highest BCUT2D eigenvalue weighted by Gasteiger charge is 2.03. The molecule has 3 nitrogen and oxygen atoms in total. The monoisotopic (exact) mass is 275 g/mol. The molecule has 0 atom stereocenters. The minimum absolute atomic E-state index is 0.927. The third-order valence-corrected chi connectivity index (χ3v) is 3.60. The predicted octanol–water partition coefficient (Wildman–Crippen LogP) is 3.60. The molecule has 0 amide bonds. The summed E-state index contributed by atoms with van der Waals surface area (Å²) in [5, 5.41) is 7.61. The summed E-state index contributed by atoms with van der Waals surface area (Å²) < 4.78 is 0. The fourth-order valence-electron chi connectivity index (χ4n) is 1.94. The normalized spacial score (nSPS) is 10.9. The Balaban J connectivity index is 1.84. The molecule has 0 aliphatic carbocycles. The number of aromatic nitrogens is 1. The molecule has 0 aromatic carbocycles. The SMILES string of the molecule is CCCNc1ccc(CN(C)Cc2ccsc2)cn1. The van der Waals surface area contributed by atoms with Gasteiger partial charge in [0, 0.05) is 25.8 Å². The quantitative estimate of drug-likeness (QED) is 0.837. The highest BCUT2D eigenvalue weighted by molar-refractivity contribution is 7.07. The summed E-state index contributed by atoms with van der Waals surface area (Å²) >= 11 is 1.75. The zero-order valence-corrected chi connectivity index (χ0v) is 12.4. The van der Waals surface area contributed by atoms with Gasteiger partial charge in [-0.25, -0.2) is 4.98 Å². The first-order chi connectivity index (χ1) is 9.28. The van der Waals surface area contributed by atoms with Crippen molar-refractivity contribution in [3.05, 3.63) is 46.3 Å². The van der Waals surface area contributed by atoms with Crippen molar-refractivity contribution in [3.63, 3.8) is 0 Å². The lowest BCUT2D eigenvalue weighted by Gasteiger charge is -2.16. The van der Waals surface area contributed by atoms with E-state index in [2.05, 4.69) is 58.1 Å². The second kappa shape index (κ2) is 7.26. The summed E-state index contributed by atoms with van der Waals surface area (Å²) in [5.41, 5.74) is 2.63. The first-order valence-electron chi connectivity index (χ1n) is 6.66. The minimum atomic E-state index is 0.927. The maximum atomic E-state index is 4.43. The number of nitrogens with zero attached hydrogens (tertiary/aromatic N) is 2. The number of nitrogens with one attached hydrogen (secondary N) is 1. The van der Waals surface area contributed by atoms with Crippen molar-refractivity contribution in [2.75, 3.05) is 18.9 Å². The molecule has 4 heteroatoms. The Morgan fingerprint density at radius 3 is 2.68 bits per heavy atom. The molecular weight excluding hydrogens is 254 g/mol. The van der Waals surface area contributed by atoms with Crippen molar-refractivity contribution in [2.24, 2.45) is 0 Å². The van der Waals surface area contributed by atoms with Crippen molar-refractivity contribution in [1.82, 2.24) is 9.88 Å². The van der Waals surface area contributed by atoms with E-state index in [0.29, 0.717) is 0 Å². The van der Waals surface area contributed by atoms with Gasteiger partial charge in [-0.15, -0.1) is 0 Å². The molecule has 2 rings (SSSR count). The summed E-state index contributed by atoms with van der Waals surface area (Å²) in [5.74, 6) is 0.964. The topological polar surface area (TPSA) is 28.2 Å². The van der Waals surface area contributed by atoms with Crippen LogP contribution in [-0.2, 0) is 13.1 Å². The minimum Gasteiger partial charge on any atom is -0.370 e. The van der Waals surface area contributed by atoms with E-state index in [4.69, 9.17) is 0 Å². The van der Waals surface area contributed by atoms with E-state index < -0.39 is 0 Å². The number of pyridine rings is 1. The van der Waals surface area contributed by atoms with Crippen LogP contribution in [-0.4, -0.2) is 23.5 Å². The summed E-state index contributed by atoms with van der Waals surface area (Å²) in [6.07, 6.45) is 3.08. The van der Waals surface area contributed by atoms with E-state index in [1.165, 1.54) is 11.1 Å². The van der Waals surface area contributed by atoms with Gasteiger partial charge in [0.1, 0.15) is 5.82 Å². The molecule has 102 valence electrons. The number of thiophene rings is 1. The molecule has 0 saturated heterocycles. The Bertz CT molecular complexity index is 465. The fourth-order valence-corrected chi connectivity index (χ4v) is 2.60. The van der Waals surface area contributed by atoms with Gasteiger partial charge in [-0.1, -0.05) is 13.0 Å². The molecule has 2 heterocycles. The van der Waals surface area contributed by atoms with Crippen molar-refractivity contribution in [1.29, 1.82) is 0 Å². The molecule has 19 heavy (non-hydrogen) atoms. The van der Waals surface area contributed by atoms with E-state index in [9.17, 15) is 0 Å². The Labute approximate surface area is 119 Å². The van der Waals surface area contributed by atoms with Crippen LogP contribution in [0.1, 0.15) is 24.5 Å². The second-order valence-corrected chi connectivity index (χ2v) is 5.56. The van der Waals surface area contributed by atoms with Gasteiger partial charge in [0.05, 0.1) is 0 Å². The van der Waals surface area contributed by atoms with E-state index in [1.807, 2.05) is 6.20 Å². The van der Waals surface area contributed by atoms with Crippen molar-refractivity contribution < 1.29 is 0 Å². The summed E-state index contributed by atoms with van der Waals surface area (Å²) in [7, 11) is 2.14. The lowest BCUT2D eigenvalue weighted by molar-refractivity contribution is 0.319. The average Bonchev–Trinajstić information content (AvgIpc) is 2.90. The largest absolute Gasteiger partial charge is 0.370 e. The van der Waals surface area contributed by atoms with Gasteiger partial charge in [0.15, 0.2) is 0 Å². The molecule has 0 aliphatic heterocycles. The first kappa shape index (κ1) is 14.0. The fraction of sp³-hybridized carbons (Fsp3) is 0.400. The van der Waals surface area contributed by atoms with E-state index in [0.717, 1.165) is 31.9 Å². The lowest BCUT2D eigenvalue weighted by Crippen LogP contribution is -2.17. The molecule has 0 spiro atoms. The van der Waals surface area contributed by atoms with Crippen molar-refractivity contribution in [2.45, 2.75) is 26.4 Å². The van der Waals surface area contributed by atoms with Crippen LogP contribution in [0.15, 0.2) is 35.2 Å². The van der Waals surface area contributed by atoms with E-state index >= 15 is 0 Å². The number of hydrogen-bond acceptors (Lipinski definition) is 4. The molecule has 0 fully saturated rings. The van der Waals surface area contributed by atoms with Crippen LogP contribution in [0.5, 0.6) is 0 Å². The molecule has 0 bridgehead atoms. The van der Waals surface area contributed by atoms with Crippen LogP contribution in [0.4, 0.5) is 5.82 Å². The molecular formula is C15H21N3S. The van der Waals surface area contributed by atoms with Gasteiger partial charge in [0.2, 0.25) is 0 Å². The zero-order valence-electron chi connectivity index (χ0n) is 11.6.